The summed E-state index contributed by atoms with van der Waals surface area (Å²) in [7, 11) is 0. The Hall–Kier alpha value is -3.13. The van der Waals surface area contributed by atoms with Gasteiger partial charge in [-0.05, 0) is 30.7 Å². The molecule has 7 nitrogen and oxygen atoms in total. The Morgan fingerprint density at radius 3 is 2.71 bits per heavy atom. The number of carbonyl (C=O) groups excluding carboxylic acids is 2. The Morgan fingerprint density at radius 2 is 1.96 bits per heavy atom. The first-order chi connectivity index (χ1) is 11.5. The van der Waals surface area contributed by atoms with Gasteiger partial charge in [0.2, 0.25) is 5.13 Å². The Bertz CT molecular complexity index is 1060. The van der Waals surface area contributed by atoms with Crippen molar-refractivity contribution in [3.8, 4) is 0 Å². The van der Waals surface area contributed by atoms with Gasteiger partial charge >= 0.3 is 0 Å². The van der Waals surface area contributed by atoms with Gasteiger partial charge in [0.25, 0.3) is 17.5 Å². The summed E-state index contributed by atoms with van der Waals surface area (Å²) in [5, 5.41) is 11.4. The van der Waals surface area contributed by atoms with E-state index in [1.165, 1.54) is 29.5 Å². The van der Waals surface area contributed by atoms with Crippen molar-refractivity contribution in [2.75, 3.05) is 4.90 Å². The van der Waals surface area contributed by atoms with Gasteiger partial charge in [0.15, 0.2) is 0 Å². The lowest BCUT2D eigenvalue weighted by Crippen LogP contribution is -2.29. The van der Waals surface area contributed by atoms with Crippen LogP contribution in [0.3, 0.4) is 0 Å². The number of rotatable bonds is 2. The molecule has 0 saturated heterocycles. The fourth-order valence-electron chi connectivity index (χ4n) is 2.71. The van der Waals surface area contributed by atoms with Gasteiger partial charge in [0, 0.05) is 6.07 Å². The number of imide groups is 1. The van der Waals surface area contributed by atoms with Crippen molar-refractivity contribution in [3.63, 3.8) is 0 Å². The largest absolute Gasteiger partial charge is 0.283 e. The van der Waals surface area contributed by atoms with Crippen LogP contribution in [-0.4, -0.2) is 21.7 Å². The molecule has 1 aromatic heterocycles. The SMILES string of the molecule is Cc1ccc2nc(N3C(=O)c4cccc([N+](=O)[O-])c4C3=O)sc2c1. The van der Waals surface area contributed by atoms with Gasteiger partial charge in [-0.15, -0.1) is 0 Å². The number of carbonyl (C=O) groups is 2. The molecule has 0 radical (unpaired) electrons. The Morgan fingerprint density at radius 1 is 1.17 bits per heavy atom. The Kier molecular flexibility index (Phi) is 2.97. The van der Waals surface area contributed by atoms with Crippen LogP contribution in [0.25, 0.3) is 10.2 Å². The van der Waals surface area contributed by atoms with E-state index < -0.39 is 16.7 Å². The number of anilines is 1. The quantitative estimate of drug-likeness (QED) is 0.405. The number of nitrogens with zero attached hydrogens (tertiary/aromatic N) is 3. The molecule has 2 heterocycles. The minimum Gasteiger partial charge on any atom is -0.268 e. The third-order valence-corrected chi connectivity index (χ3v) is 4.82. The van der Waals surface area contributed by atoms with Crippen molar-refractivity contribution < 1.29 is 14.5 Å². The molecule has 0 bridgehead atoms. The molecule has 0 spiro atoms. The number of aryl methyl sites for hydroxylation is 1. The van der Waals surface area contributed by atoms with E-state index in [1.54, 1.807) is 0 Å². The monoisotopic (exact) mass is 339 g/mol. The predicted octanol–water partition coefficient (Wildman–Crippen LogP) is 3.31. The smallest absolute Gasteiger partial charge is 0.268 e. The second kappa shape index (κ2) is 4.93. The number of thiazole rings is 1. The van der Waals surface area contributed by atoms with Crippen LogP contribution >= 0.6 is 11.3 Å². The van der Waals surface area contributed by atoms with E-state index in [9.17, 15) is 19.7 Å². The van der Waals surface area contributed by atoms with Gasteiger partial charge in [-0.2, -0.15) is 0 Å². The zero-order valence-corrected chi connectivity index (χ0v) is 13.2. The first kappa shape index (κ1) is 14.5. The van der Waals surface area contributed by atoms with E-state index in [-0.39, 0.29) is 21.9 Å². The average Bonchev–Trinajstić information content (AvgIpc) is 3.06. The van der Waals surface area contributed by atoms with Crippen molar-refractivity contribution in [1.29, 1.82) is 0 Å². The number of hydrogen-bond donors (Lipinski definition) is 0. The zero-order chi connectivity index (χ0) is 17.0. The molecule has 0 N–H and O–H groups in total. The summed E-state index contributed by atoms with van der Waals surface area (Å²) in [5.41, 5.74) is 1.19. The lowest BCUT2D eigenvalue weighted by atomic mass is 10.1. The topological polar surface area (TPSA) is 93.4 Å². The van der Waals surface area contributed by atoms with E-state index in [0.29, 0.717) is 5.52 Å². The standard InChI is InChI=1S/C16H9N3O4S/c1-8-5-6-10-12(7-8)24-16(17-10)18-14(20)9-3-2-4-11(19(22)23)13(9)15(18)21/h2-7H,1H3. The number of nitro benzene ring substituents is 1. The normalized spacial score (nSPS) is 13.6. The number of fused-ring (bicyclic) bond motifs is 2. The van der Waals surface area contributed by atoms with Crippen molar-refractivity contribution in [2.24, 2.45) is 0 Å². The highest BCUT2D eigenvalue weighted by molar-refractivity contribution is 7.22. The highest BCUT2D eigenvalue weighted by Gasteiger charge is 2.43. The van der Waals surface area contributed by atoms with Crippen LogP contribution in [-0.2, 0) is 0 Å². The second-order valence-corrected chi connectivity index (χ2v) is 6.38. The summed E-state index contributed by atoms with van der Waals surface area (Å²) in [6, 6.07) is 9.64. The van der Waals surface area contributed by atoms with E-state index in [0.717, 1.165) is 15.2 Å². The summed E-state index contributed by atoms with van der Waals surface area (Å²) in [6.07, 6.45) is 0. The van der Waals surface area contributed by atoms with E-state index in [1.807, 2.05) is 25.1 Å². The molecule has 0 unspecified atom stereocenters. The maximum Gasteiger partial charge on any atom is 0.283 e. The summed E-state index contributed by atoms with van der Waals surface area (Å²) in [6.45, 7) is 1.93. The lowest BCUT2D eigenvalue weighted by molar-refractivity contribution is -0.385. The lowest BCUT2D eigenvalue weighted by Gasteiger charge is -2.08. The molecule has 1 aliphatic heterocycles. The van der Waals surface area contributed by atoms with Gasteiger partial charge in [-0.25, -0.2) is 9.88 Å². The number of nitro groups is 1. The van der Waals surface area contributed by atoms with Gasteiger partial charge in [0.1, 0.15) is 5.56 Å². The summed E-state index contributed by atoms with van der Waals surface area (Å²) < 4.78 is 0.844. The van der Waals surface area contributed by atoms with Gasteiger partial charge in [0.05, 0.1) is 20.7 Å². The number of hydrogen-bond acceptors (Lipinski definition) is 6. The zero-order valence-electron chi connectivity index (χ0n) is 12.3. The van der Waals surface area contributed by atoms with E-state index in [4.69, 9.17) is 0 Å². The van der Waals surface area contributed by atoms with Crippen LogP contribution < -0.4 is 4.90 Å². The molecule has 3 aromatic rings. The fourth-order valence-corrected chi connectivity index (χ4v) is 3.77. The molecule has 4 rings (SSSR count). The van der Waals surface area contributed by atoms with Gasteiger partial charge in [-0.1, -0.05) is 23.5 Å². The highest BCUT2D eigenvalue weighted by Crippen LogP contribution is 2.37. The minimum absolute atomic E-state index is 0.0321. The van der Waals surface area contributed by atoms with Crippen molar-refractivity contribution in [3.05, 3.63) is 63.2 Å². The van der Waals surface area contributed by atoms with Crippen LogP contribution in [0.5, 0.6) is 0 Å². The Labute approximate surface area is 139 Å². The number of benzene rings is 2. The molecule has 1 aliphatic rings. The molecule has 24 heavy (non-hydrogen) atoms. The highest BCUT2D eigenvalue weighted by atomic mass is 32.1. The van der Waals surface area contributed by atoms with E-state index >= 15 is 0 Å². The number of amides is 2. The van der Waals surface area contributed by atoms with Crippen LogP contribution in [0.15, 0.2) is 36.4 Å². The van der Waals surface area contributed by atoms with Gasteiger partial charge in [-0.3, -0.25) is 19.7 Å². The maximum atomic E-state index is 12.6. The molecule has 0 saturated carbocycles. The van der Waals surface area contributed by atoms with Crippen molar-refractivity contribution in [2.45, 2.75) is 6.92 Å². The molecule has 2 aromatic carbocycles. The Balaban J connectivity index is 1.88. The number of aromatic nitrogens is 1. The predicted molar refractivity (Wildman–Crippen MR) is 88.6 cm³/mol. The average molecular weight is 339 g/mol. The van der Waals surface area contributed by atoms with Crippen LogP contribution in [0.4, 0.5) is 10.8 Å². The molecule has 8 heteroatoms. The third-order valence-electron chi connectivity index (χ3n) is 3.81. The minimum atomic E-state index is -0.710. The summed E-state index contributed by atoms with van der Waals surface area (Å²) >= 11 is 1.20. The molecule has 0 aliphatic carbocycles. The molecular weight excluding hydrogens is 330 g/mol. The molecule has 2 amide bonds. The van der Waals surface area contributed by atoms with Crippen LogP contribution in [0.1, 0.15) is 26.3 Å². The van der Waals surface area contributed by atoms with Crippen LogP contribution in [0, 0.1) is 17.0 Å². The summed E-state index contributed by atoms with van der Waals surface area (Å²) in [4.78, 5) is 40.9. The fraction of sp³-hybridized carbons (Fsp3) is 0.0625. The molecule has 0 fully saturated rings. The first-order valence-electron chi connectivity index (χ1n) is 7.01. The molecular formula is C16H9N3O4S. The van der Waals surface area contributed by atoms with E-state index in [2.05, 4.69) is 4.98 Å². The molecule has 118 valence electrons. The summed E-state index contributed by atoms with van der Waals surface area (Å²) in [5.74, 6) is -1.30. The van der Waals surface area contributed by atoms with Crippen molar-refractivity contribution >= 4 is 44.2 Å². The second-order valence-electron chi connectivity index (χ2n) is 5.37. The van der Waals surface area contributed by atoms with Crippen molar-refractivity contribution in [1.82, 2.24) is 4.98 Å². The third kappa shape index (κ3) is 1.93. The first-order valence-corrected chi connectivity index (χ1v) is 7.82. The maximum absolute atomic E-state index is 12.6. The molecule has 0 atom stereocenters. The van der Waals surface area contributed by atoms with Crippen LogP contribution in [0.2, 0.25) is 0 Å². The van der Waals surface area contributed by atoms with Gasteiger partial charge < -0.3 is 0 Å².